The smallest absolute Gasteiger partial charge is 0.0945 e. The Morgan fingerprint density at radius 2 is 1.91 bits per heavy atom. The first-order valence-corrected chi connectivity index (χ1v) is 8.37. The van der Waals surface area contributed by atoms with Gasteiger partial charge in [-0.25, -0.2) is 4.98 Å². The molecule has 0 spiro atoms. The Labute approximate surface area is 138 Å². The van der Waals surface area contributed by atoms with Gasteiger partial charge in [-0.1, -0.05) is 12.1 Å². The minimum atomic E-state index is 0.328. The van der Waals surface area contributed by atoms with Crippen molar-refractivity contribution in [2.45, 2.75) is 25.9 Å². The number of piperidine rings is 1. The van der Waals surface area contributed by atoms with E-state index in [1.165, 1.54) is 16.9 Å². The second-order valence-corrected chi connectivity index (χ2v) is 6.38. The van der Waals surface area contributed by atoms with Gasteiger partial charge >= 0.3 is 0 Å². The standard InChI is InChI=1S/C18H26N4O/c1-21-14-20-12-18(21)11-19-10-15-2-4-17(5-3-15)22-8-6-16(13-23)7-9-22/h2-5,12,14,16,19,23H,6-11,13H2,1H3. The molecule has 0 amide bonds. The molecule has 0 radical (unpaired) electrons. The van der Waals surface area contributed by atoms with E-state index in [0.29, 0.717) is 12.5 Å². The molecule has 0 bridgehead atoms. The van der Waals surface area contributed by atoms with Crippen LogP contribution in [0, 0.1) is 5.92 Å². The molecular formula is C18H26N4O. The number of aliphatic hydroxyl groups excluding tert-OH is 1. The molecule has 5 nitrogen and oxygen atoms in total. The van der Waals surface area contributed by atoms with Crippen molar-refractivity contribution in [2.75, 3.05) is 24.6 Å². The fourth-order valence-corrected chi connectivity index (χ4v) is 3.09. The van der Waals surface area contributed by atoms with Crippen molar-refractivity contribution >= 4 is 5.69 Å². The zero-order valence-corrected chi connectivity index (χ0v) is 13.8. The monoisotopic (exact) mass is 314 g/mol. The topological polar surface area (TPSA) is 53.3 Å². The number of hydrogen-bond acceptors (Lipinski definition) is 4. The quantitative estimate of drug-likeness (QED) is 0.855. The Kier molecular flexibility index (Phi) is 5.31. The molecule has 3 rings (SSSR count). The number of imidazole rings is 1. The van der Waals surface area contributed by atoms with Crippen LogP contribution >= 0.6 is 0 Å². The minimum Gasteiger partial charge on any atom is -0.396 e. The zero-order valence-electron chi connectivity index (χ0n) is 13.8. The lowest BCUT2D eigenvalue weighted by Gasteiger charge is -2.33. The number of anilines is 1. The molecular weight excluding hydrogens is 288 g/mol. The number of aliphatic hydroxyl groups is 1. The van der Waals surface area contributed by atoms with Crippen LogP contribution in [0.25, 0.3) is 0 Å². The third-order valence-electron chi connectivity index (χ3n) is 4.73. The van der Waals surface area contributed by atoms with Crippen molar-refractivity contribution in [3.05, 3.63) is 48.0 Å². The van der Waals surface area contributed by atoms with E-state index in [4.69, 9.17) is 0 Å². The van der Waals surface area contributed by atoms with Crippen LogP contribution in [0.4, 0.5) is 5.69 Å². The number of aryl methyl sites for hydroxylation is 1. The van der Waals surface area contributed by atoms with E-state index >= 15 is 0 Å². The van der Waals surface area contributed by atoms with Gasteiger partial charge in [0, 0.05) is 51.7 Å². The van der Waals surface area contributed by atoms with Crippen LogP contribution in [0.3, 0.4) is 0 Å². The third-order valence-corrected chi connectivity index (χ3v) is 4.73. The molecule has 0 aliphatic carbocycles. The maximum atomic E-state index is 9.22. The Morgan fingerprint density at radius 3 is 2.52 bits per heavy atom. The summed E-state index contributed by atoms with van der Waals surface area (Å²) in [5.74, 6) is 0.488. The predicted octanol–water partition coefficient (Wildman–Crippen LogP) is 1.92. The number of benzene rings is 1. The third kappa shape index (κ3) is 4.12. The van der Waals surface area contributed by atoms with E-state index in [1.54, 1.807) is 0 Å². The van der Waals surface area contributed by atoms with Crippen LogP contribution in [0.2, 0.25) is 0 Å². The SMILES string of the molecule is Cn1cncc1CNCc1ccc(N2CCC(CO)CC2)cc1. The summed E-state index contributed by atoms with van der Waals surface area (Å²) in [6.07, 6.45) is 5.90. The van der Waals surface area contributed by atoms with E-state index in [2.05, 4.69) is 39.5 Å². The van der Waals surface area contributed by atoms with E-state index in [-0.39, 0.29) is 0 Å². The molecule has 1 aromatic heterocycles. The van der Waals surface area contributed by atoms with Crippen molar-refractivity contribution in [2.24, 2.45) is 13.0 Å². The summed E-state index contributed by atoms with van der Waals surface area (Å²) < 4.78 is 2.03. The van der Waals surface area contributed by atoms with Gasteiger partial charge in [0.15, 0.2) is 0 Å². The van der Waals surface area contributed by atoms with E-state index < -0.39 is 0 Å². The molecule has 2 N–H and O–H groups in total. The summed E-state index contributed by atoms with van der Waals surface area (Å²) >= 11 is 0. The highest BCUT2D eigenvalue weighted by Gasteiger charge is 2.18. The van der Waals surface area contributed by atoms with Gasteiger partial charge in [-0.2, -0.15) is 0 Å². The number of nitrogens with zero attached hydrogens (tertiary/aromatic N) is 3. The second kappa shape index (κ2) is 7.62. The molecule has 1 aliphatic rings. The van der Waals surface area contributed by atoms with Crippen LogP contribution in [-0.2, 0) is 20.1 Å². The van der Waals surface area contributed by atoms with Gasteiger partial charge in [0.25, 0.3) is 0 Å². The van der Waals surface area contributed by atoms with Crippen molar-refractivity contribution in [3.63, 3.8) is 0 Å². The number of rotatable bonds is 6. The van der Waals surface area contributed by atoms with Gasteiger partial charge in [0.2, 0.25) is 0 Å². The summed E-state index contributed by atoms with van der Waals surface area (Å²) in [6.45, 7) is 4.10. The molecule has 0 saturated carbocycles. The van der Waals surface area contributed by atoms with Gasteiger partial charge in [0.05, 0.1) is 12.0 Å². The number of hydrogen-bond donors (Lipinski definition) is 2. The fourth-order valence-electron chi connectivity index (χ4n) is 3.09. The molecule has 0 unspecified atom stereocenters. The normalized spacial score (nSPS) is 16.0. The fraction of sp³-hybridized carbons (Fsp3) is 0.500. The van der Waals surface area contributed by atoms with E-state index in [0.717, 1.165) is 39.0 Å². The molecule has 1 saturated heterocycles. The van der Waals surface area contributed by atoms with Crippen LogP contribution in [0.1, 0.15) is 24.1 Å². The number of aromatic nitrogens is 2. The predicted molar refractivity (Wildman–Crippen MR) is 92.2 cm³/mol. The lowest BCUT2D eigenvalue weighted by Crippen LogP contribution is -2.34. The zero-order chi connectivity index (χ0) is 16.1. The largest absolute Gasteiger partial charge is 0.396 e. The average Bonchev–Trinajstić information content (AvgIpc) is 3.01. The van der Waals surface area contributed by atoms with E-state index in [1.807, 2.05) is 24.1 Å². The molecule has 5 heteroatoms. The highest BCUT2D eigenvalue weighted by molar-refractivity contribution is 5.48. The molecule has 2 aromatic rings. The van der Waals surface area contributed by atoms with Gasteiger partial charge in [0.1, 0.15) is 0 Å². The molecule has 23 heavy (non-hydrogen) atoms. The molecule has 1 aliphatic heterocycles. The lowest BCUT2D eigenvalue weighted by molar-refractivity contribution is 0.203. The van der Waals surface area contributed by atoms with Crippen LogP contribution < -0.4 is 10.2 Å². The molecule has 1 fully saturated rings. The molecule has 124 valence electrons. The van der Waals surface area contributed by atoms with Crippen molar-refractivity contribution in [1.29, 1.82) is 0 Å². The molecule has 2 heterocycles. The average molecular weight is 314 g/mol. The lowest BCUT2D eigenvalue weighted by atomic mass is 9.97. The highest BCUT2D eigenvalue weighted by Crippen LogP contribution is 2.23. The second-order valence-electron chi connectivity index (χ2n) is 6.38. The molecule has 1 aromatic carbocycles. The van der Waals surface area contributed by atoms with Gasteiger partial charge in [-0.05, 0) is 36.5 Å². The van der Waals surface area contributed by atoms with Crippen LogP contribution in [-0.4, -0.2) is 34.4 Å². The van der Waals surface area contributed by atoms with Gasteiger partial charge in [-0.15, -0.1) is 0 Å². The Bertz CT molecular complexity index is 600. The van der Waals surface area contributed by atoms with Crippen molar-refractivity contribution in [1.82, 2.24) is 14.9 Å². The maximum absolute atomic E-state index is 9.22. The van der Waals surface area contributed by atoms with E-state index in [9.17, 15) is 5.11 Å². The van der Waals surface area contributed by atoms with Crippen LogP contribution in [0.5, 0.6) is 0 Å². The first-order valence-electron chi connectivity index (χ1n) is 8.37. The number of nitrogens with one attached hydrogen (secondary N) is 1. The Balaban J connectivity index is 1.48. The van der Waals surface area contributed by atoms with Crippen LogP contribution in [0.15, 0.2) is 36.8 Å². The van der Waals surface area contributed by atoms with Gasteiger partial charge in [-0.3, -0.25) is 0 Å². The highest BCUT2D eigenvalue weighted by atomic mass is 16.3. The Morgan fingerprint density at radius 1 is 1.17 bits per heavy atom. The van der Waals surface area contributed by atoms with Crippen molar-refractivity contribution in [3.8, 4) is 0 Å². The van der Waals surface area contributed by atoms with Crippen molar-refractivity contribution < 1.29 is 5.11 Å². The summed E-state index contributed by atoms with van der Waals surface area (Å²) in [7, 11) is 2.01. The molecule has 0 atom stereocenters. The summed E-state index contributed by atoms with van der Waals surface area (Å²) in [5.41, 5.74) is 3.77. The summed E-state index contributed by atoms with van der Waals surface area (Å²) in [6, 6.07) is 8.81. The van der Waals surface area contributed by atoms with Gasteiger partial charge < -0.3 is 19.9 Å². The minimum absolute atomic E-state index is 0.328. The first-order chi connectivity index (χ1) is 11.3. The first kappa shape index (κ1) is 16.0. The summed E-state index contributed by atoms with van der Waals surface area (Å²) in [5, 5.41) is 12.7. The Hall–Kier alpha value is -1.85. The summed E-state index contributed by atoms with van der Waals surface area (Å²) in [4.78, 5) is 6.54. The maximum Gasteiger partial charge on any atom is 0.0945 e.